The summed E-state index contributed by atoms with van der Waals surface area (Å²) in [5, 5.41) is 16.1. The zero-order valence-electron chi connectivity index (χ0n) is 15.7. The lowest BCUT2D eigenvalue weighted by Crippen LogP contribution is -2.15. The van der Waals surface area contributed by atoms with Gasteiger partial charge in [0.15, 0.2) is 5.82 Å². The number of nitrogen functional groups attached to an aromatic ring is 1. The van der Waals surface area contributed by atoms with Crippen molar-refractivity contribution < 1.29 is 5.21 Å². The third-order valence-corrected chi connectivity index (χ3v) is 5.03. The smallest absolute Gasteiger partial charge is 0.229 e. The van der Waals surface area contributed by atoms with Gasteiger partial charge in [-0.15, -0.1) is 11.8 Å². The van der Waals surface area contributed by atoms with Gasteiger partial charge in [0.05, 0.1) is 6.20 Å². The second-order valence-corrected chi connectivity index (χ2v) is 8.34. The Hall–Kier alpha value is -2.55. The molecule has 0 aliphatic carbocycles. The van der Waals surface area contributed by atoms with Crippen LogP contribution in [0.25, 0.3) is 0 Å². The van der Waals surface area contributed by atoms with Gasteiger partial charge in [-0.25, -0.2) is 15.0 Å². The van der Waals surface area contributed by atoms with E-state index < -0.39 is 0 Å². The van der Waals surface area contributed by atoms with Crippen molar-refractivity contribution in [1.82, 2.24) is 15.0 Å². The SMILES string of the molecule is Cc1cc(N)ccc1Nc1ncc(Cl)c(N(O)c2cccnc2SC(C)C)n1. The molecule has 0 amide bonds. The van der Waals surface area contributed by atoms with Crippen LogP contribution in [0.2, 0.25) is 5.02 Å². The van der Waals surface area contributed by atoms with Gasteiger partial charge < -0.3 is 11.1 Å². The van der Waals surface area contributed by atoms with Crippen molar-refractivity contribution in [3.05, 3.63) is 53.3 Å². The van der Waals surface area contributed by atoms with E-state index in [1.165, 1.54) is 18.0 Å². The number of halogens is 1. The molecular formula is C19H21ClN6OS. The Morgan fingerprint density at radius 2 is 2.04 bits per heavy atom. The Bertz CT molecular complexity index is 984. The number of aromatic nitrogens is 3. The van der Waals surface area contributed by atoms with E-state index in [0.717, 1.165) is 16.3 Å². The summed E-state index contributed by atoms with van der Waals surface area (Å²) in [7, 11) is 0. The lowest BCUT2D eigenvalue weighted by Gasteiger charge is -2.20. The molecule has 1 aromatic carbocycles. The summed E-state index contributed by atoms with van der Waals surface area (Å²) in [6, 6.07) is 8.98. The van der Waals surface area contributed by atoms with Crippen LogP contribution >= 0.6 is 23.4 Å². The van der Waals surface area contributed by atoms with Gasteiger partial charge in [0.2, 0.25) is 5.95 Å². The molecule has 0 unspecified atom stereocenters. The maximum atomic E-state index is 10.8. The monoisotopic (exact) mass is 416 g/mol. The Morgan fingerprint density at radius 1 is 1.25 bits per heavy atom. The predicted octanol–water partition coefficient (Wildman–Crippen LogP) is 5.19. The first-order valence-corrected chi connectivity index (χ1v) is 9.87. The van der Waals surface area contributed by atoms with Crippen molar-refractivity contribution in [3.63, 3.8) is 0 Å². The summed E-state index contributed by atoms with van der Waals surface area (Å²) in [4.78, 5) is 12.9. The predicted molar refractivity (Wildman–Crippen MR) is 115 cm³/mol. The highest BCUT2D eigenvalue weighted by atomic mass is 35.5. The Morgan fingerprint density at radius 3 is 2.75 bits per heavy atom. The number of anilines is 5. The van der Waals surface area contributed by atoms with Gasteiger partial charge in [0.25, 0.3) is 0 Å². The average molecular weight is 417 g/mol. The van der Waals surface area contributed by atoms with E-state index in [0.29, 0.717) is 27.6 Å². The number of hydrogen-bond donors (Lipinski definition) is 3. The normalized spacial score (nSPS) is 10.9. The maximum Gasteiger partial charge on any atom is 0.229 e. The molecule has 0 aliphatic heterocycles. The lowest BCUT2D eigenvalue weighted by atomic mass is 10.2. The van der Waals surface area contributed by atoms with Crippen molar-refractivity contribution in [2.24, 2.45) is 0 Å². The van der Waals surface area contributed by atoms with Crippen LogP contribution in [0.3, 0.4) is 0 Å². The third-order valence-electron chi connectivity index (χ3n) is 3.75. The molecule has 3 rings (SSSR count). The molecule has 0 radical (unpaired) electrons. The summed E-state index contributed by atoms with van der Waals surface area (Å²) >= 11 is 7.79. The van der Waals surface area contributed by atoms with Crippen LogP contribution in [0, 0.1) is 6.92 Å². The topological polar surface area (TPSA) is 100 Å². The van der Waals surface area contributed by atoms with Crippen LogP contribution in [0.1, 0.15) is 19.4 Å². The fraction of sp³-hybridized carbons (Fsp3) is 0.211. The quantitative estimate of drug-likeness (QED) is 0.287. The molecule has 0 saturated heterocycles. The van der Waals surface area contributed by atoms with Crippen molar-refractivity contribution >= 4 is 52.2 Å². The Balaban J connectivity index is 1.93. The molecule has 0 saturated carbocycles. The number of nitrogens with zero attached hydrogens (tertiary/aromatic N) is 4. The van der Waals surface area contributed by atoms with Gasteiger partial charge >= 0.3 is 0 Å². The zero-order chi connectivity index (χ0) is 20.3. The van der Waals surface area contributed by atoms with E-state index in [2.05, 4.69) is 34.1 Å². The summed E-state index contributed by atoms with van der Waals surface area (Å²) in [6.07, 6.45) is 3.12. The molecule has 0 spiro atoms. The highest BCUT2D eigenvalue weighted by Crippen LogP contribution is 2.36. The Labute approximate surface area is 172 Å². The number of nitrogens with two attached hydrogens (primary N) is 1. The second-order valence-electron chi connectivity index (χ2n) is 6.37. The first-order chi connectivity index (χ1) is 13.3. The van der Waals surface area contributed by atoms with Gasteiger partial charge in [0, 0.05) is 22.8 Å². The standard InChI is InChI=1S/C19H21ClN6OS/c1-11(2)28-18-16(5-4-8-22-18)26(27)17-14(20)10-23-19(25-17)24-15-7-6-13(21)9-12(15)3/h4-11,27H,21H2,1-3H3,(H,23,24,25). The van der Waals surface area contributed by atoms with Crippen molar-refractivity contribution in [2.75, 3.05) is 16.1 Å². The van der Waals surface area contributed by atoms with Crippen LogP contribution in [-0.4, -0.2) is 25.4 Å². The molecule has 4 N–H and O–H groups in total. The number of aryl methyl sites for hydroxylation is 1. The maximum absolute atomic E-state index is 10.8. The van der Waals surface area contributed by atoms with Crippen LogP contribution in [0.4, 0.5) is 28.8 Å². The third kappa shape index (κ3) is 4.64. The van der Waals surface area contributed by atoms with E-state index in [4.69, 9.17) is 17.3 Å². The summed E-state index contributed by atoms with van der Waals surface area (Å²) in [5.41, 5.74) is 8.72. The van der Waals surface area contributed by atoms with Crippen LogP contribution in [0.5, 0.6) is 0 Å². The molecule has 2 heterocycles. The van der Waals surface area contributed by atoms with E-state index in [1.807, 2.05) is 19.1 Å². The number of pyridine rings is 1. The first-order valence-electron chi connectivity index (χ1n) is 8.61. The first kappa shape index (κ1) is 20.2. The minimum absolute atomic E-state index is 0.158. The molecule has 9 heteroatoms. The van der Waals surface area contributed by atoms with Crippen LogP contribution in [-0.2, 0) is 0 Å². The lowest BCUT2D eigenvalue weighted by molar-refractivity contribution is 0.295. The van der Waals surface area contributed by atoms with Gasteiger partial charge in [0.1, 0.15) is 15.7 Å². The molecule has 0 fully saturated rings. The van der Waals surface area contributed by atoms with Crippen molar-refractivity contribution in [3.8, 4) is 0 Å². The molecule has 7 nitrogen and oxygen atoms in total. The highest BCUT2D eigenvalue weighted by Gasteiger charge is 2.19. The van der Waals surface area contributed by atoms with E-state index >= 15 is 0 Å². The molecule has 2 aromatic heterocycles. The summed E-state index contributed by atoms with van der Waals surface area (Å²) in [5.74, 6) is 0.458. The zero-order valence-corrected chi connectivity index (χ0v) is 17.3. The number of hydrogen-bond acceptors (Lipinski definition) is 8. The second kappa shape index (κ2) is 8.64. The van der Waals surface area contributed by atoms with E-state index in [9.17, 15) is 5.21 Å². The minimum Gasteiger partial charge on any atom is -0.399 e. The van der Waals surface area contributed by atoms with Crippen LogP contribution in [0.15, 0.2) is 47.8 Å². The summed E-state index contributed by atoms with van der Waals surface area (Å²) < 4.78 is 0. The van der Waals surface area contributed by atoms with Gasteiger partial charge in [-0.2, -0.15) is 4.98 Å². The van der Waals surface area contributed by atoms with E-state index in [1.54, 1.807) is 24.4 Å². The van der Waals surface area contributed by atoms with Gasteiger partial charge in [-0.05, 0) is 42.8 Å². The van der Waals surface area contributed by atoms with Gasteiger partial charge in [-0.3, -0.25) is 5.21 Å². The number of nitrogens with one attached hydrogen (secondary N) is 1. The molecule has 0 bridgehead atoms. The molecule has 0 aliphatic rings. The number of benzene rings is 1. The highest BCUT2D eigenvalue weighted by molar-refractivity contribution is 7.99. The fourth-order valence-electron chi connectivity index (χ4n) is 2.49. The number of thioether (sulfide) groups is 1. The molecular weight excluding hydrogens is 396 g/mol. The Kier molecular flexibility index (Phi) is 6.23. The minimum atomic E-state index is 0.158. The summed E-state index contributed by atoms with van der Waals surface area (Å²) in [6.45, 7) is 6.04. The molecule has 146 valence electrons. The average Bonchev–Trinajstić information content (AvgIpc) is 2.65. The molecule has 28 heavy (non-hydrogen) atoms. The van der Waals surface area contributed by atoms with Crippen LogP contribution < -0.4 is 16.1 Å². The molecule has 0 atom stereocenters. The van der Waals surface area contributed by atoms with Crippen molar-refractivity contribution in [2.45, 2.75) is 31.0 Å². The number of rotatable bonds is 6. The van der Waals surface area contributed by atoms with Gasteiger partial charge in [-0.1, -0.05) is 25.4 Å². The largest absolute Gasteiger partial charge is 0.399 e. The fourth-order valence-corrected chi connectivity index (χ4v) is 3.50. The van der Waals surface area contributed by atoms with E-state index in [-0.39, 0.29) is 10.8 Å². The molecule has 3 aromatic rings. The van der Waals surface area contributed by atoms with Crippen molar-refractivity contribution in [1.29, 1.82) is 0 Å².